The summed E-state index contributed by atoms with van der Waals surface area (Å²) in [6, 6.07) is 13.1. The lowest BCUT2D eigenvalue weighted by atomic mass is 9.93. The average Bonchev–Trinajstić information content (AvgIpc) is 3.38. The summed E-state index contributed by atoms with van der Waals surface area (Å²) in [6.07, 6.45) is 2.59. The van der Waals surface area contributed by atoms with Crippen LogP contribution in [-0.2, 0) is 14.3 Å². The first-order valence-corrected chi connectivity index (χ1v) is 12.8. The lowest BCUT2D eigenvalue weighted by Gasteiger charge is -2.34. The van der Waals surface area contributed by atoms with Gasteiger partial charge in [-0.25, -0.2) is 9.78 Å². The second-order valence-electron chi connectivity index (χ2n) is 9.46. The number of halogens is 1. The van der Waals surface area contributed by atoms with Crippen molar-refractivity contribution in [3.05, 3.63) is 58.7 Å². The summed E-state index contributed by atoms with van der Waals surface area (Å²) in [5.74, 6) is 0.805. The molecule has 2 saturated heterocycles. The highest BCUT2D eigenvalue weighted by molar-refractivity contribution is 6.30. The van der Waals surface area contributed by atoms with Crippen molar-refractivity contribution in [1.29, 1.82) is 5.26 Å². The first-order chi connectivity index (χ1) is 17.9. The van der Waals surface area contributed by atoms with Crippen LogP contribution in [0.4, 0.5) is 10.6 Å². The normalized spacial score (nSPS) is 19.9. The van der Waals surface area contributed by atoms with Crippen LogP contribution in [0.2, 0.25) is 5.02 Å². The third kappa shape index (κ3) is 6.32. The van der Waals surface area contributed by atoms with Gasteiger partial charge in [0.15, 0.2) is 0 Å². The maximum absolute atomic E-state index is 13.6. The third-order valence-electron chi connectivity index (χ3n) is 7.24. The van der Waals surface area contributed by atoms with Crippen molar-refractivity contribution < 1.29 is 19.1 Å². The summed E-state index contributed by atoms with van der Waals surface area (Å²) < 4.78 is 10.3. The van der Waals surface area contributed by atoms with Crippen LogP contribution in [0.25, 0.3) is 0 Å². The minimum absolute atomic E-state index is 0.0517. The highest BCUT2D eigenvalue weighted by Gasteiger charge is 2.42. The van der Waals surface area contributed by atoms with Gasteiger partial charge in [0.1, 0.15) is 18.5 Å². The van der Waals surface area contributed by atoms with Gasteiger partial charge in [0.2, 0.25) is 5.91 Å². The Hall–Kier alpha value is -3.35. The number of amides is 2. The fourth-order valence-electron chi connectivity index (χ4n) is 5.10. The lowest BCUT2D eigenvalue weighted by molar-refractivity contribution is -0.135. The van der Waals surface area contributed by atoms with Crippen LogP contribution in [0.5, 0.6) is 0 Å². The second kappa shape index (κ2) is 12.3. The Morgan fingerprint density at radius 2 is 1.86 bits per heavy atom. The van der Waals surface area contributed by atoms with Gasteiger partial charge >= 0.3 is 6.09 Å². The molecule has 2 unspecified atom stereocenters. The number of hydrogen-bond donors (Lipinski definition) is 0. The van der Waals surface area contributed by atoms with E-state index in [0.29, 0.717) is 30.3 Å². The number of likely N-dealkylation sites (tertiary alicyclic amines) is 1. The minimum atomic E-state index is -0.432. The summed E-state index contributed by atoms with van der Waals surface area (Å²) >= 11 is 6.11. The molecule has 0 radical (unpaired) electrons. The molecular formula is C27H32ClN5O4. The summed E-state index contributed by atoms with van der Waals surface area (Å²) in [6.45, 7) is 2.91. The molecule has 0 aliphatic carbocycles. The Bertz CT molecular complexity index is 1110. The molecular weight excluding hydrogens is 494 g/mol. The monoisotopic (exact) mass is 525 g/mol. The van der Waals surface area contributed by atoms with E-state index in [9.17, 15) is 9.59 Å². The third-order valence-corrected chi connectivity index (χ3v) is 7.49. The van der Waals surface area contributed by atoms with Gasteiger partial charge in [-0.1, -0.05) is 23.7 Å². The van der Waals surface area contributed by atoms with Gasteiger partial charge in [0, 0.05) is 63.4 Å². The number of rotatable bonds is 7. The van der Waals surface area contributed by atoms with E-state index in [4.69, 9.17) is 26.3 Å². The molecule has 37 heavy (non-hydrogen) atoms. The van der Waals surface area contributed by atoms with Gasteiger partial charge in [-0.15, -0.1) is 0 Å². The molecule has 2 atom stereocenters. The number of benzene rings is 1. The van der Waals surface area contributed by atoms with E-state index < -0.39 is 6.09 Å². The summed E-state index contributed by atoms with van der Waals surface area (Å²) in [5.41, 5.74) is 1.56. The fraction of sp³-hybridized carbons (Fsp3) is 0.481. The summed E-state index contributed by atoms with van der Waals surface area (Å²) in [4.78, 5) is 36.3. The predicted molar refractivity (Wildman–Crippen MR) is 139 cm³/mol. The molecule has 3 heterocycles. The maximum Gasteiger partial charge on any atom is 0.409 e. The highest BCUT2D eigenvalue weighted by Crippen LogP contribution is 2.34. The van der Waals surface area contributed by atoms with Gasteiger partial charge < -0.3 is 24.2 Å². The van der Waals surface area contributed by atoms with Crippen LogP contribution in [0.15, 0.2) is 42.6 Å². The van der Waals surface area contributed by atoms with Crippen LogP contribution in [-0.4, -0.2) is 86.4 Å². The maximum atomic E-state index is 13.6. The molecule has 10 heteroatoms. The summed E-state index contributed by atoms with van der Waals surface area (Å²) in [7, 11) is 3.28. The van der Waals surface area contributed by atoms with Crippen LogP contribution in [0.1, 0.15) is 29.9 Å². The van der Waals surface area contributed by atoms with Crippen LogP contribution in [0, 0.1) is 17.2 Å². The van der Waals surface area contributed by atoms with Gasteiger partial charge in [-0.05, 0) is 42.7 Å². The van der Waals surface area contributed by atoms with E-state index in [2.05, 4.69) is 16.0 Å². The van der Waals surface area contributed by atoms with E-state index in [1.165, 1.54) is 0 Å². The first-order valence-electron chi connectivity index (χ1n) is 12.4. The van der Waals surface area contributed by atoms with Crippen molar-refractivity contribution in [3.8, 4) is 6.07 Å². The quantitative estimate of drug-likeness (QED) is 0.510. The van der Waals surface area contributed by atoms with Crippen LogP contribution < -0.4 is 4.90 Å². The zero-order valence-electron chi connectivity index (χ0n) is 21.2. The number of ether oxygens (including phenoxy) is 2. The molecule has 1 aromatic heterocycles. The van der Waals surface area contributed by atoms with Crippen molar-refractivity contribution in [2.45, 2.75) is 24.8 Å². The smallest absolute Gasteiger partial charge is 0.409 e. The van der Waals surface area contributed by atoms with E-state index in [0.717, 1.165) is 37.3 Å². The number of nitriles is 1. The number of pyridine rings is 1. The Morgan fingerprint density at radius 1 is 1.14 bits per heavy atom. The number of aromatic nitrogens is 1. The van der Waals surface area contributed by atoms with E-state index in [1.807, 2.05) is 35.2 Å². The predicted octanol–water partition coefficient (Wildman–Crippen LogP) is 3.53. The van der Waals surface area contributed by atoms with Crippen molar-refractivity contribution in [2.75, 3.05) is 58.5 Å². The van der Waals surface area contributed by atoms with Crippen LogP contribution >= 0.6 is 11.6 Å². The van der Waals surface area contributed by atoms with E-state index in [-0.39, 0.29) is 30.4 Å². The molecule has 2 aliphatic heterocycles. The molecule has 0 bridgehead atoms. The average molecular weight is 526 g/mol. The standard InChI is InChI=1S/C27H32ClN5O4/c1-31(27(35)37-14-13-36-2)24-18-33(17-23(24)20-4-6-22(28)7-5-20)26(34)21-9-11-32(12-10-21)25-8-3-19(15-29)16-30-25/h3-8,16,21,23-24H,9-14,17-18H2,1-2H3. The Labute approximate surface area is 222 Å². The molecule has 0 N–H and O–H groups in total. The molecule has 9 nitrogen and oxygen atoms in total. The molecule has 2 aromatic rings. The highest BCUT2D eigenvalue weighted by atomic mass is 35.5. The van der Waals surface area contributed by atoms with Crippen molar-refractivity contribution in [3.63, 3.8) is 0 Å². The molecule has 1 aromatic carbocycles. The number of hydrogen-bond acceptors (Lipinski definition) is 7. The fourth-order valence-corrected chi connectivity index (χ4v) is 5.23. The largest absolute Gasteiger partial charge is 0.447 e. The molecule has 196 valence electrons. The van der Waals surface area contributed by atoms with Gasteiger partial charge in [-0.2, -0.15) is 5.26 Å². The van der Waals surface area contributed by atoms with Crippen molar-refractivity contribution >= 4 is 29.4 Å². The second-order valence-corrected chi connectivity index (χ2v) is 9.90. The number of piperidine rings is 1. The Balaban J connectivity index is 1.42. The van der Waals surface area contributed by atoms with Gasteiger partial charge in [0.25, 0.3) is 0 Å². The number of methoxy groups -OCH3 is 1. The van der Waals surface area contributed by atoms with Crippen LogP contribution in [0.3, 0.4) is 0 Å². The summed E-state index contributed by atoms with van der Waals surface area (Å²) in [5, 5.41) is 9.63. The minimum Gasteiger partial charge on any atom is -0.447 e. The zero-order chi connectivity index (χ0) is 26.4. The van der Waals surface area contributed by atoms with Crippen molar-refractivity contribution in [2.24, 2.45) is 5.92 Å². The topological polar surface area (TPSA) is 99.0 Å². The zero-order valence-corrected chi connectivity index (χ0v) is 21.9. The molecule has 2 fully saturated rings. The molecule has 2 amide bonds. The molecule has 0 spiro atoms. The van der Waals surface area contributed by atoms with Crippen molar-refractivity contribution in [1.82, 2.24) is 14.8 Å². The number of carbonyl (C=O) groups excluding carboxylic acids is 2. The molecule has 2 aliphatic rings. The number of nitrogens with zero attached hydrogens (tertiary/aromatic N) is 5. The van der Waals surface area contributed by atoms with Gasteiger partial charge in [-0.3, -0.25) is 4.79 Å². The lowest BCUT2D eigenvalue weighted by Crippen LogP contribution is -2.44. The van der Waals surface area contributed by atoms with Gasteiger partial charge in [0.05, 0.1) is 18.2 Å². The number of anilines is 1. The number of likely N-dealkylation sites (N-methyl/N-ethyl adjacent to an activating group) is 1. The van der Waals surface area contributed by atoms with E-state index in [1.54, 1.807) is 31.3 Å². The SMILES string of the molecule is COCCOC(=O)N(C)C1CN(C(=O)C2CCN(c3ccc(C#N)cn3)CC2)CC1c1ccc(Cl)cc1. The first kappa shape index (κ1) is 26.7. The van der Waals surface area contributed by atoms with E-state index >= 15 is 0 Å². The number of carbonyl (C=O) groups is 2. The Kier molecular flexibility index (Phi) is 8.85. The molecule has 4 rings (SSSR count). The Morgan fingerprint density at radius 3 is 2.49 bits per heavy atom. The molecule has 0 saturated carbocycles.